The maximum Gasteiger partial charge on any atom is 0.341 e. The van der Waals surface area contributed by atoms with Crippen LogP contribution in [0.4, 0.5) is 5.82 Å². The van der Waals surface area contributed by atoms with Crippen LogP contribution in [-0.4, -0.2) is 20.9 Å². The number of aromatic nitrogens is 2. The van der Waals surface area contributed by atoms with Crippen molar-refractivity contribution in [2.75, 3.05) is 5.32 Å². The molecular weight excluding hydrogens is 266 g/mol. The number of carbonyl (C=O) groups is 1. The Kier molecular flexibility index (Phi) is 3.41. The summed E-state index contributed by atoms with van der Waals surface area (Å²) in [7, 11) is 1.77. The molecule has 0 radical (unpaired) electrons. The summed E-state index contributed by atoms with van der Waals surface area (Å²) in [5, 5.41) is 17.0. The van der Waals surface area contributed by atoms with E-state index < -0.39 is 5.97 Å². The molecule has 110 valence electrons. The number of anilines is 1. The topological polar surface area (TPSA) is 67.2 Å². The molecule has 0 saturated carbocycles. The fourth-order valence-electron chi connectivity index (χ4n) is 3.15. The summed E-state index contributed by atoms with van der Waals surface area (Å²) in [6.07, 6.45) is 3.19. The van der Waals surface area contributed by atoms with Gasteiger partial charge in [-0.1, -0.05) is 24.3 Å². The number of aryl methyl sites for hydroxylation is 3. The van der Waals surface area contributed by atoms with Crippen molar-refractivity contribution in [1.82, 2.24) is 9.78 Å². The average Bonchev–Trinajstić information content (AvgIpc) is 2.73. The Balaban J connectivity index is 1.97. The number of nitrogens with one attached hydrogen (secondary N) is 1. The SMILES string of the molecule is Cc1nn(C)c(NC2CCCc3ccccc32)c1C(=O)O. The van der Waals surface area contributed by atoms with E-state index in [0.717, 1.165) is 19.3 Å². The van der Waals surface area contributed by atoms with Crippen LogP contribution < -0.4 is 5.32 Å². The summed E-state index contributed by atoms with van der Waals surface area (Å²) >= 11 is 0. The number of hydrogen-bond acceptors (Lipinski definition) is 3. The van der Waals surface area contributed by atoms with Gasteiger partial charge in [-0.15, -0.1) is 0 Å². The van der Waals surface area contributed by atoms with Gasteiger partial charge in [-0.3, -0.25) is 4.68 Å². The van der Waals surface area contributed by atoms with Crippen LogP contribution in [0.25, 0.3) is 0 Å². The molecule has 0 amide bonds. The van der Waals surface area contributed by atoms with Crippen LogP contribution in [0, 0.1) is 6.92 Å². The van der Waals surface area contributed by atoms with Crippen LogP contribution in [0.3, 0.4) is 0 Å². The summed E-state index contributed by atoms with van der Waals surface area (Å²) in [5.74, 6) is -0.353. The first-order valence-electron chi connectivity index (χ1n) is 7.19. The molecule has 3 rings (SSSR count). The molecule has 0 saturated heterocycles. The number of aromatic carboxylic acids is 1. The van der Waals surface area contributed by atoms with Gasteiger partial charge in [0.15, 0.2) is 0 Å². The number of nitrogens with zero attached hydrogens (tertiary/aromatic N) is 2. The Morgan fingerprint density at radius 1 is 1.43 bits per heavy atom. The summed E-state index contributed by atoms with van der Waals surface area (Å²) in [5.41, 5.74) is 3.41. The van der Waals surface area contributed by atoms with Gasteiger partial charge in [0.05, 0.1) is 11.7 Å². The van der Waals surface area contributed by atoms with Crippen molar-refractivity contribution in [2.24, 2.45) is 7.05 Å². The lowest BCUT2D eigenvalue weighted by Crippen LogP contribution is -2.20. The van der Waals surface area contributed by atoms with Gasteiger partial charge in [0, 0.05) is 7.05 Å². The maximum absolute atomic E-state index is 11.4. The highest BCUT2D eigenvalue weighted by atomic mass is 16.4. The van der Waals surface area contributed by atoms with E-state index in [4.69, 9.17) is 0 Å². The zero-order valence-corrected chi connectivity index (χ0v) is 12.3. The Labute approximate surface area is 123 Å². The second-order valence-electron chi connectivity index (χ2n) is 5.53. The maximum atomic E-state index is 11.4. The molecule has 0 fully saturated rings. The Hall–Kier alpha value is -2.30. The smallest absolute Gasteiger partial charge is 0.341 e. The van der Waals surface area contributed by atoms with E-state index in [-0.39, 0.29) is 11.6 Å². The summed E-state index contributed by atoms with van der Waals surface area (Å²) in [6.45, 7) is 1.73. The van der Waals surface area contributed by atoms with Gasteiger partial charge in [-0.25, -0.2) is 4.79 Å². The predicted molar refractivity (Wildman–Crippen MR) is 80.6 cm³/mol. The third kappa shape index (κ3) is 2.39. The number of carboxylic acid groups (broad SMARTS) is 1. The molecule has 1 aromatic heterocycles. The standard InChI is InChI=1S/C16H19N3O2/c1-10-14(16(20)21)15(19(2)18-10)17-13-9-5-7-11-6-3-4-8-12(11)13/h3-4,6,8,13,17H,5,7,9H2,1-2H3,(H,20,21). The predicted octanol–water partition coefficient (Wildman–Crippen LogP) is 2.92. The van der Waals surface area contributed by atoms with Gasteiger partial charge < -0.3 is 10.4 Å². The van der Waals surface area contributed by atoms with Crippen LogP contribution in [0.1, 0.15) is 46.1 Å². The third-order valence-electron chi connectivity index (χ3n) is 4.12. The van der Waals surface area contributed by atoms with Crippen molar-refractivity contribution < 1.29 is 9.90 Å². The quantitative estimate of drug-likeness (QED) is 0.910. The molecule has 1 heterocycles. The first kappa shape index (κ1) is 13.7. The Morgan fingerprint density at radius 3 is 2.95 bits per heavy atom. The van der Waals surface area contributed by atoms with Crippen LogP contribution >= 0.6 is 0 Å². The number of hydrogen-bond donors (Lipinski definition) is 2. The van der Waals surface area contributed by atoms with E-state index in [1.807, 2.05) is 6.07 Å². The third-order valence-corrected chi connectivity index (χ3v) is 4.12. The van der Waals surface area contributed by atoms with Crippen molar-refractivity contribution in [3.8, 4) is 0 Å². The molecule has 1 aromatic carbocycles. The number of benzene rings is 1. The molecule has 2 N–H and O–H groups in total. The van der Waals surface area contributed by atoms with Crippen molar-refractivity contribution in [3.63, 3.8) is 0 Å². The van der Waals surface area contributed by atoms with E-state index in [0.29, 0.717) is 11.5 Å². The highest BCUT2D eigenvalue weighted by molar-refractivity contribution is 5.94. The van der Waals surface area contributed by atoms with Gasteiger partial charge in [0.1, 0.15) is 11.4 Å². The van der Waals surface area contributed by atoms with Crippen LogP contribution in [0.15, 0.2) is 24.3 Å². The van der Waals surface area contributed by atoms with Crippen LogP contribution in [0.2, 0.25) is 0 Å². The summed E-state index contributed by atoms with van der Waals surface area (Å²) < 4.78 is 1.62. The number of fused-ring (bicyclic) bond motifs is 1. The van der Waals surface area contributed by atoms with Gasteiger partial charge >= 0.3 is 5.97 Å². The lowest BCUT2D eigenvalue weighted by atomic mass is 9.87. The molecular formula is C16H19N3O2. The molecule has 5 nitrogen and oxygen atoms in total. The number of carboxylic acids is 1. The minimum atomic E-state index is -0.938. The second-order valence-corrected chi connectivity index (χ2v) is 5.53. The molecule has 1 unspecified atom stereocenters. The molecule has 1 aliphatic rings. The fourth-order valence-corrected chi connectivity index (χ4v) is 3.15. The van der Waals surface area contributed by atoms with Gasteiger partial charge in [0.2, 0.25) is 0 Å². The molecule has 1 aliphatic carbocycles. The van der Waals surface area contributed by atoms with Crippen molar-refractivity contribution in [3.05, 3.63) is 46.6 Å². The van der Waals surface area contributed by atoms with Crippen LogP contribution in [-0.2, 0) is 13.5 Å². The Morgan fingerprint density at radius 2 is 2.19 bits per heavy atom. The van der Waals surface area contributed by atoms with Gasteiger partial charge in [-0.2, -0.15) is 5.10 Å². The molecule has 0 spiro atoms. The number of rotatable bonds is 3. The highest BCUT2D eigenvalue weighted by Gasteiger charge is 2.25. The molecule has 2 aromatic rings. The molecule has 21 heavy (non-hydrogen) atoms. The van der Waals surface area contributed by atoms with E-state index in [2.05, 4.69) is 28.6 Å². The van der Waals surface area contributed by atoms with Gasteiger partial charge in [0.25, 0.3) is 0 Å². The monoisotopic (exact) mass is 285 g/mol. The van der Waals surface area contributed by atoms with Crippen LogP contribution in [0.5, 0.6) is 0 Å². The average molecular weight is 285 g/mol. The second kappa shape index (κ2) is 5.24. The van der Waals surface area contributed by atoms with Crippen molar-refractivity contribution >= 4 is 11.8 Å². The Bertz CT molecular complexity index is 691. The molecule has 1 atom stereocenters. The summed E-state index contributed by atoms with van der Waals surface area (Å²) in [4.78, 5) is 11.4. The molecule has 0 aliphatic heterocycles. The van der Waals surface area contributed by atoms with E-state index in [1.54, 1.807) is 18.7 Å². The van der Waals surface area contributed by atoms with Crippen molar-refractivity contribution in [1.29, 1.82) is 0 Å². The highest BCUT2D eigenvalue weighted by Crippen LogP contribution is 2.33. The first-order valence-corrected chi connectivity index (χ1v) is 7.19. The normalized spacial score (nSPS) is 17.3. The van der Waals surface area contributed by atoms with Gasteiger partial charge in [-0.05, 0) is 37.3 Å². The molecule has 0 bridgehead atoms. The fraction of sp³-hybridized carbons (Fsp3) is 0.375. The minimum Gasteiger partial charge on any atom is -0.477 e. The lowest BCUT2D eigenvalue weighted by molar-refractivity contribution is 0.0697. The summed E-state index contributed by atoms with van der Waals surface area (Å²) in [6, 6.07) is 8.50. The van der Waals surface area contributed by atoms with E-state index >= 15 is 0 Å². The molecule has 5 heteroatoms. The van der Waals surface area contributed by atoms with E-state index in [1.165, 1.54) is 11.1 Å². The van der Waals surface area contributed by atoms with Crippen molar-refractivity contribution in [2.45, 2.75) is 32.2 Å². The zero-order valence-electron chi connectivity index (χ0n) is 12.3. The lowest BCUT2D eigenvalue weighted by Gasteiger charge is -2.27. The van der Waals surface area contributed by atoms with E-state index in [9.17, 15) is 9.90 Å². The minimum absolute atomic E-state index is 0.142. The first-order chi connectivity index (χ1) is 10.1. The zero-order chi connectivity index (χ0) is 15.0. The largest absolute Gasteiger partial charge is 0.477 e.